The maximum absolute atomic E-state index is 12.2. The topological polar surface area (TPSA) is 52.9 Å². The molecule has 3 nitrogen and oxygen atoms in total. The van der Waals surface area contributed by atoms with Crippen LogP contribution in [-0.2, 0) is 0 Å². The first-order valence-electron chi connectivity index (χ1n) is 5.99. The molecule has 1 N–H and O–H groups in total. The van der Waals surface area contributed by atoms with E-state index in [1.54, 1.807) is 6.07 Å². The molecule has 4 heteroatoms. The molecule has 0 aliphatic heterocycles. The predicted octanol–water partition coefficient (Wildman–Crippen LogP) is 3.22. The second-order valence-electron chi connectivity index (χ2n) is 4.06. The molecule has 18 heavy (non-hydrogen) atoms. The van der Waals surface area contributed by atoms with Crippen LogP contribution in [0, 0.1) is 11.3 Å². The lowest BCUT2D eigenvalue weighted by atomic mass is 9.94. The van der Waals surface area contributed by atoms with Crippen molar-refractivity contribution in [2.75, 3.05) is 6.26 Å². The summed E-state index contributed by atoms with van der Waals surface area (Å²) in [6.45, 7) is 3.82. The van der Waals surface area contributed by atoms with Crippen LogP contribution in [0.2, 0.25) is 0 Å². The first-order valence-corrected chi connectivity index (χ1v) is 7.21. The Balaban J connectivity index is 2.99. The van der Waals surface area contributed by atoms with Gasteiger partial charge in [-0.2, -0.15) is 5.26 Å². The molecule has 0 fully saturated rings. The number of amides is 1. The third kappa shape index (κ3) is 3.05. The maximum Gasteiger partial charge on any atom is 0.253 e. The van der Waals surface area contributed by atoms with Crippen molar-refractivity contribution in [2.45, 2.75) is 37.1 Å². The van der Waals surface area contributed by atoms with Crippen LogP contribution >= 0.6 is 11.8 Å². The van der Waals surface area contributed by atoms with E-state index in [9.17, 15) is 10.1 Å². The van der Waals surface area contributed by atoms with Gasteiger partial charge in [0.25, 0.3) is 5.91 Å². The molecule has 0 spiro atoms. The van der Waals surface area contributed by atoms with E-state index in [4.69, 9.17) is 0 Å². The van der Waals surface area contributed by atoms with Crippen LogP contribution in [-0.4, -0.2) is 17.7 Å². The summed E-state index contributed by atoms with van der Waals surface area (Å²) in [7, 11) is 0. The SMILES string of the molecule is CCC(C#N)(CC)NC(=O)c1ccccc1SC. The Morgan fingerprint density at radius 2 is 2.00 bits per heavy atom. The zero-order valence-electron chi connectivity index (χ0n) is 11.0. The average molecular weight is 262 g/mol. The van der Waals surface area contributed by atoms with E-state index in [2.05, 4.69) is 11.4 Å². The lowest BCUT2D eigenvalue weighted by Gasteiger charge is -2.25. The smallest absolute Gasteiger partial charge is 0.253 e. The molecule has 1 amide bonds. The van der Waals surface area contributed by atoms with Gasteiger partial charge in [0, 0.05) is 4.90 Å². The summed E-state index contributed by atoms with van der Waals surface area (Å²) in [6.07, 6.45) is 3.14. The number of nitrogens with zero attached hydrogens (tertiary/aromatic N) is 1. The Morgan fingerprint density at radius 1 is 1.39 bits per heavy atom. The monoisotopic (exact) mass is 262 g/mol. The molecule has 0 atom stereocenters. The summed E-state index contributed by atoms with van der Waals surface area (Å²) in [5.41, 5.74) is -0.130. The van der Waals surface area contributed by atoms with Crippen molar-refractivity contribution < 1.29 is 4.79 Å². The minimum Gasteiger partial charge on any atom is -0.334 e. The van der Waals surface area contributed by atoms with Crippen molar-refractivity contribution in [3.8, 4) is 6.07 Å². The first-order chi connectivity index (χ1) is 8.62. The minimum absolute atomic E-state index is 0.176. The van der Waals surface area contributed by atoms with E-state index in [0.29, 0.717) is 18.4 Å². The third-order valence-corrected chi connectivity index (χ3v) is 3.92. The number of carbonyl (C=O) groups excluding carboxylic acids is 1. The fourth-order valence-electron chi connectivity index (χ4n) is 1.73. The molecule has 1 rings (SSSR count). The summed E-state index contributed by atoms with van der Waals surface area (Å²) in [5, 5.41) is 12.1. The number of rotatable bonds is 5. The number of hydrogen-bond acceptors (Lipinski definition) is 3. The standard InChI is InChI=1S/C14H18N2OS/c1-4-14(5-2,10-15)16-13(17)11-8-6-7-9-12(11)18-3/h6-9H,4-5H2,1-3H3,(H,16,17). The molecule has 0 heterocycles. The zero-order chi connectivity index (χ0) is 13.6. The fraction of sp³-hybridized carbons (Fsp3) is 0.429. The van der Waals surface area contributed by atoms with E-state index >= 15 is 0 Å². The van der Waals surface area contributed by atoms with Gasteiger partial charge in [-0.3, -0.25) is 4.79 Å². The molecule has 0 aliphatic rings. The maximum atomic E-state index is 12.2. The van der Waals surface area contributed by atoms with Gasteiger partial charge in [0.1, 0.15) is 5.54 Å². The summed E-state index contributed by atoms with van der Waals surface area (Å²) in [5.74, 6) is -0.176. The average Bonchev–Trinajstić information content (AvgIpc) is 2.44. The number of benzene rings is 1. The molecule has 0 saturated heterocycles. The number of thioether (sulfide) groups is 1. The van der Waals surface area contributed by atoms with Crippen LogP contribution < -0.4 is 5.32 Å². The second-order valence-corrected chi connectivity index (χ2v) is 4.90. The number of nitriles is 1. The lowest BCUT2D eigenvalue weighted by molar-refractivity contribution is 0.0912. The number of carbonyl (C=O) groups is 1. The van der Waals surface area contributed by atoms with Gasteiger partial charge >= 0.3 is 0 Å². The number of nitrogens with one attached hydrogen (secondary N) is 1. The van der Waals surface area contributed by atoms with Gasteiger partial charge in [-0.05, 0) is 31.2 Å². The lowest BCUT2D eigenvalue weighted by Crippen LogP contribution is -2.46. The second kappa shape index (κ2) is 6.46. The Morgan fingerprint density at radius 3 is 2.50 bits per heavy atom. The highest BCUT2D eigenvalue weighted by Crippen LogP contribution is 2.21. The van der Waals surface area contributed by atoms with Crippen LogP contribution in [0.3, 0.4) is 0 Å². The highest BCUT2D eigenvalue weighted by atomic mass is 32.2. The van der Waals surface area contributed by atoms with Crippen LogP contribution in [0.25, 0.3) is 0 Å². The molecule has 0 aromatic heterocycles. The van der Waals surface area contributed by atoms with Crippen molar-refractivity contribution in [2.24, 2.45) is 0 Å². The largest absolute Gasteiger partial charge is 0.334 e. The zero-order valence-corrected chi connectivity index (χ0v) is 11.8. The van der Waals surface area contributed by atoms with E-state index in [0.717, 1.165) is 4.90 Å². The molecular formula is C14H18N2OS. The van der Waals surface area contributed by atoms with E-state index in [1.807, 2.05) is 38.3 Å². The van der Waals surface area contributed by atoms with Gasteiger partial charge in [0.15, 0.2) is 0 Å². The Hall–Kier alpha value is -1.47. The molecule has 1 aromatic rings. The van der Waals surface area contributed by atoms with Gasteiger partial charge < -0.3 is 5.32 Å². The molecule has 0 radical (unpaired) electrons. The molecule has 0 aliphatic carbocycles. The first kappa shape index (κ1) is 14.6. The van der Waals surface area contributed by atoms with Crippen LogP contribution in [0.4, 0.5) is 0 Å². The third-order valence-electron chi connectivity index (χ3n) is 3.13. The molecule has 0 bridgehead atoms. The number of hydrogen-bond donors (Lipinski definition) is 1. The minimum atomic E-state index is -0.761. The van der Waals surface area contributed by atoms with E-state index < -0.39 is 5.54 Å². The molecule has 0 unspecified atom stereocenters. The highest BCUT2D eigenvalue weighted by molar-refractivity contribution is 7.98. The van der Waals surface area contributed by atoms with Crippen LogP contribution in [0.15, 0.2) is 29.2 Å². The van der Waals surface area contributed by atoms with Crippen molar-refractivity contribution >= 4 is 17.7 Å². The summed E-state index contributed by atoms with van der Waals surface area (Å²) in [6, 6.07) is 9.65. The Labute approximate surface area is 113 Å². The van der Waals surface area contributed by atoms with Crippen molar-refractivity contribution in [3.63, 3.8) is 0 Å². The summed E-state index contributed by atoms with van der Waals surface area (Å²) >= 11 is 1.53. The molecule has 1 aromatic carbocycles. The van der Waals surface area contributed by atoms with Gasteiger partial charge in [-0.1, -0.05) is 26.0 Å². The van der Waals surface area contributed by atoms with Gasteiger partial charge in [-0.15, -0.1) is 11.8 Å². The van der Waals surface area contributed by atoms with Crippen molar-refractivity contribution in [1.29, 1.82) is 5.26 Å². The normalized spacial score (nSPS) is 10.8. The Kier molecular flexibility index (Phi) is 5.24. The van der Waals surface area contributed by atoms with Crippen LogP contribution in [0.5, 0.6) is 0 Å². The quantitative estimate of drug-likeness (QED) is 0.829. The van der Waals surface area contributed by atoms with Gasteiger partial charge in [-0.25, -0.2) is 0 Å². The van der Waals surface area contributed by atoms with Crippen molar-refractivity contribution in [1.82, 2.24) is 5.32 Å². The highest BCUT2D eigenvalue weighted by Gasteiger charge is 2.28. The van der Waals surface area contributed by atoms with Gasteiger partial charge in [0.05, 0.1) is 11.6 Å². The van der Waals surface area contributed by atoms with E-state index in [1.165, 1.54) is 11.8 Å². The fourth-order valence-corrected chi connectivity index (χ4v) is 2.33. The Bertz CT molecular complexity index is 461. The van der Waals surface area contributed by atoms with E-state index in [-0.39, 0.29) is 5.91 Å². The van der Waals surface area contributed by atoms with Gasteiger partial charge in [0.2, 0.25) is 0 Å². The molecule has 0 saturated carbocycles. The summed E-state index contributed by atoms with van der Waals surface area (Å²) < 4.78 is 0. The summed E-state index contributed by atoms with van der Waals surface area (Å²) in [4.78, 5) is 13.2. The molecular weight excluding hydrogens is 244 g/mol. The predicted molar refractivity (Wildman–Crippen MR) is 74.6 cm³/mol. The van der Waals surface area contributed by atoms with Crippen molar-refractivity contribution in [3.05, 3.63) is 29.8 Å². The van der Waals surface area contributed by atoms with Crippen LogP contribution in [0.1, 0.15) is 37.0 Å². The molecule has 96 valence electrons.